The second-order valence-electron chi connectivity index (χ2n) is 7.25. The van der Waals surface area contributed by atoms with E-state index in [2.05, 4.69) is 21.6 Å². The number of nitrogens with zero attached hydrogens (tertiary/aromatic N) is 3. The number of likely N-dealkylation sites (tertiary alicyclic amines) is 1. The summed E-state index contributed by atoms with van der Waals surface area (Å²) in [5.41, 5.74) is 3.69. The van der Waals surface area contributed by atoms with Gasteiger partial charge in [-0.1, -0.05) is 6.07 Å². The number of carbonyl (C=O) groups is 1. The molecule has 0 aliphatic carbocycles. The number of hydrogen-bond donors (Lipinski definition) is 1. The smallest absolute Gasteiger partial charge is 0.248 e. The molecule has 0 saturated carbocycles. The summed E-state index contributed by atoms with van der Waals surface area (Å²) in [6.07, 6.45) is 0.835. The minimum absolute atomic E-state index is 0.00514. The number of amides is 1. The lowest BCUT2D eigenvalue weighted by atomic mass is 10.0. The van der Waals surface area contributed by atoms with E-state index < -0.39 is 0 Å². The maximum atomic E-state index is 10.8. The van der Waals surface area contributed by atoms with Crippen molar-refractivity contribution in [3.8, 4) is 34.4 Å². The SMILES string of the molecule is CNCc1cc(C)c(OC2CN(C=O)C2)cc1-c1nnc(-c2ccc(OC)cc2)o1. The molecule has 0 spiro atoms. The zero-order chi connectivity index (χ0) is 21.1. The van der Waals surface area contributed by atoms with Gasteiger partial charge in [0.15, 0.2) is 0 Å². The van der Waals surface area contributed by atoms with E-state index in [-0.39, 0.29) is 6.10 Å². The summed E-state index contributed by atoms with van der Waals surface area (Å²) in [5.74, 6) is 2.38. The van der Waals surface area contributed by atoms with Crippen molar-refractivity contribution in [1.82, 2.24) is 20.4 Å². The largest absolute Gasteiger partial charge is 0.497 e. The van der Waals surface area contributed by atoms with Crippen LogP contribution >= 0.6 is 0 Å². The molecular formula is C22H24N4O4. The first-order valence-corrected chi connectivity index (χ1v) is 9.73. The molecule has 156 valence electrons. The van der Waals surface area contributed by atoms with E-state index in [1.165, 1.54) is 0 Å². The molecule has 1 N–H and O–H groups in total. The van der Waals surface area contributed by atoms with Gasteiger partial charge in [-0.05, 0) is 55.4 Å². The number of rotatable bonds is 8. The summed E-state index contributed by atoms with van der Waals surface area (Å²) in [6, 6.07) is 11.5. The molecule has 8 heteroatoms. The van der Waals surface area contributed by atoms with Crippen molar-refractivity contribution in [3.63, 3.8) is 0 Å². The third-order valence-corrected chi connectivity index (χ3v) is 5.08. The lowest BCUT2D eigenvalue weighted by Gasteiger charge is -2.36. The van der Waals surface area contributed by atoms with Crippen LogP contribution in [0.4, 0.5) is 0 Å². The molecule has 0 unspecified atom stereocenters. The second-order valence-corrected chi connectivity index (χ2v) is 7.25. The summed E-state index contributed by atoms with van der Waals surface area (Å²) in [7, 11) is 3.52. The van der Waals surface area contributed by atoms with Crippen LogP contribution in [-0.4, -0.2) is 54.9 Å². The first-order chi connectivity index (χ1) is 14.6. The van der Waals surface area contributed by atoms with E-state index in [1.54, 1.807) is 12.0 Å². The van der Waals surface area contributed by atoms with Crippen molar-refractivity contribution >= 4 is 6.41 Å². The van der Waals surface area contributed by atoms with Crippen LogP contribution in [0.3, 0.4) is 0 Å². The normalized spacial score (nSPS) is 13.8. The van der Waals surface area contributed by atoms with Crippen LogP contribution in [0.25, 0.3) is 22.9 Å². The molecule has 3 aromatic rings. The molecular weight excluding hydrogens is 384 g/mol. The standard InChI is InChI=1S/C22H24N4O4/c1-14-8-16(10-23-2)19(9-20(14)29-18-11-26(12-18)13-27)22-25-24-21(30-22)15-4-6-17(28-3)7-5-15/h4-9,13,18,23H,10-12H2,1-3H3. The fourth-order valence-corrected chi connectivity index (χ4v) is 3.40. The molecule has 4 rings (SSSR count). The van der Waals surface area contributed by atoms with Gasteiger partial charge in [0.05, 0.1) is 20.2 Å². The molecule has 2 heterocycles. The maximum Gasteiger partial charge on any atom is 0.248 e. The van der Waals surface area contributed by atoms with Crippen molar-refractivity contribution in [2.45, 2.75) is 19.6 Å². The predicted octanol–water partition coefficient (Wildman–Crippen LogP) is 2.66. The van der Waals surface area contributed by atoms with Gasteiger partial charge < -0.3 is 24.1 Å². The van der Waals surface area contributed by atoms with Gasteiger partial charge in [0.25, 0.3) is 0 Å². The Morgan fingerprint density at radius 3 is 2.60 bits per heavy atom. The minimum Gasteiger partial charge on any atom is -0.497 e. The summed E-state index contributed by atoms with van der Waals surface area (Å²) < 4.78 is 17.3. The Morgan fingerprint density at radius 1 is 1.20 bits per heavy atom. The molecule has 0 atom stereocenters. The van der Waals surface area contributed by atoms with E-state index in [1.807, 2.05) is 44.3 Å². The number of aromatic nitrogens is 2. The molecule has 0 bridgehead atoms. The quantitative estimate of drug-likeness (QED) is 0.573. The highest BCUT2D eigenvalue weighted by Crippen LogP contribution is 2.33. The van der Waals surface area contributed by atoms with Crippen LogP contribution in [0, 0.1) is 6.92 Å². The number of carbonyl (C=O) groups excluding carboxylic acids is 1. The zero-order valence-electron chi connectivity index (χ0n) is 17.2. The molecule has 1 aliphatic rings. The van der Waals surface area contributed by atoms with E-state index >= 15 is 0 Å². The molecule has 1 amide bonds. The van der Waals surface area contributed by atoms with Gasteiger partial charge in [0.1, 0.15) is 17.6 Å². The molecule has 1 fully saturated rings. The van der Waals surface area contributed by atoms with Gasteiger partial charge in [0.2, 0.25) is 18.2 Å². The van der Waals surface area contributed by atoms with Crippen LogP contribution in [-0.2, 0) is 11.3 Å². The van der Waals surface area contributed by atoms with Crippen LogP contribution in [0.5, 0.6) is 11.5 Å². The van der Waals surface area contributed by atoms with Gasteiger partial charge in [-0.3, -0.25) is 4.79 Å². The number of methoxy groups -OCH3 is 1. The second kappa shape index (κ2) is 8.54. The number of ether oxygens (including phenoxy) is 2. The van der Waals surface area contributed by atoms with Crippen molar-refractivity contribution < 1.29 is 18.7 Å². The first-order valence-electron chi connectivity index (χ1n) is 9.73. The van der Waals surface area contributed by atoms with E-state index in [0.29, 0.717) is 31.4 Å². The summed E-state index contributed by atoms with van der Waals surface area (Å²) in [4.78, 5) is 12.5. The zero-order valence-corrected chi connectivity index (χ0v) is 17.2. The van der Waals surface area contributed by atoms with Gasteiger partial charge in [-0.2, -0.15) is 0 Å². The Bertz CT molecular complexity index is 1030. The highest BCUT2D eigenvalue weighted by molar-refractivity contribution is 5.65. The number of benzene rings is 2. The predicted molar refractivity (Wildman–Crippen MR) is 111 cm³/mol. The Morgan fingerprint density at radius 2 is 1.93 bits per heavy atom. The fraction of sp³-hybridized carbons (Fsp3) is 0.318. The Kier molecular flexibility index (Phi) is 5.67. The molecule has 1 saturated heterocycles. The lowest BCUT2D eigenvalue weighted by molar-refractivity contribution is -0.126. The van der Waals surface area contributed by atoms with Crippen LogP contribution < -0.4 is 14.8 Å². The summed E-state index contributed by atoms with van der Waals surface area (Å²) in [5, 5.41) is 11.7. The maximum absolute atomic E-state index is 10.8. The average molecular weight is 408 g/mol. The lowest BCUT2D eigenvalue weighted by Crippen LogP contribution is -2.52. The molecule has 1 aliphatic heterocycles. The van der Waals surface area contributed by atoms with Gasteiger partial charge in [-0.25, -0.2) is 0 Å². The van der Waals surface area contributed by atoms with Gasteiger partial charge in [0, 0.05) is 17.7 Å². The highest BCUT2D eigenvalue weighted by atomic mass is 16.5. The van der Waals surface area contributed by atoms with Gasteiger partial charge >= 0.3 is 0 Å². The Balaban J connectivity index is 1.63. The van der Waals surface area contributed by atoms with Crippen molar-refractivity contribution in [2.75, 3.05) is 27.2 Å². The van der Waals surface area contributed by atoms with Crippen molar-refractivity contribution in [1.29, 1.82) is 0 Å². The van der Waals surface area contributed by atoms with Gasteiger partial charge in [-0.15, -0.1) is 10.2 Å². The summed E-state index contributed by atoms with van der Waals surface area (Å²) >= 11 is 0. The topological polar surface area (TPSA) is 89.7 Å². The molecule has 0 radical (unpaired) electrons. The number of nitrogens with one attached hydrogen (secondary N) is 1. The van der Waals surface area contributed by atoms with E-state index in [9.17, 15) is 4.79 Å². The van der Waals surface area contributed by atoms with Crippen molar-refractivity contribution in [3.05, 3.63) is 47.5 Å². The third-order valence-electron chi connectivity index (χ3n) is 5.08. The van der Waals surface area contributed by atoms with Crippen LogP contribution in [0.1, 0.15) is 11.1 Å². The third kappa shape index (κ3) is 3.99. The molecule has 1 aromatic heterocycles. The Hall–Kier alpha value is -3.39. The van der Waals surface area contributed by atoms with E-state index in [0.717, 1.165) is 40.2 Å². The molecule has 2 aromatic carbocycles. The minimum atomic E-state index is -0.00514. The van der Waals surface area contributed by atoms with Crippen LogP contribution in [0.15, 0.2) is 40.8 Å². The van der Waals surface area contributed by atoms with Crippen LogP contribution in [0.2, 0.25) is 0 Å². The first kappa shape index (κ1) is 19.9. The van der Waals surface area contributed by atoms with E-state index in [4.69, 9.17) is 13.9 Å². The fourth-order valence-electron chi connectivity index (χ4n) is 3.40. The highest BCUT2D eigenvalue weighted by Gasteiger charge is 2.28. The monoisotopic (exact) mass is 408 g/mol. The number of aryl methyl sites for hydroxylation is 1. The summed E-state index contributed by atoms with van der Waals surface area (Å²) in [6.45, 7) is 3.85. The molecule has 30 heavy (non-hydrogen) atoms. The molecule has 8 nitrogen and oxygen atoms in total. The average Bonchev–Trinajstić information content (AvgIpc) is 3.22. The Labute approximate surface area is 174 Å². The van der Waals surface area contributed by atoms with Crippen molar-refractivity contribution in [2.24, 2.45) is 0 Å². The number of hydrogen-bond acceptors (Lipinski definition) is 7.